The van der Waals surface area contributed by atoms with Gasteiger partial charge in [0.15, 0.2) is 0 Å². The maximum absolute atomic E-state index is 2.34. The van der Waals surface area contributed by atoms with Crippen LogP contribution in [0.3, 0.4) is 0 Å². The highest BCUT2D eigenvalue weighted by molar-refractivity contribution is 6.32. The molecule has 4 aromatic carbocycles. The molecule has 0 saturated carbocycles. The van der Waals surface area contributed by atoms with E-state index in [1.807, 2.05) is 0 Å². The van der Waals surface area contributed by atoms with Crippen LogP contribution >= 0.6 is 0 Å². The predicted octanol–water partition coefficient (Wildman–Crippen LogP) is 4.31. The minimum Gasteiger partial charge on any atom is -0.0883 e. The van der Waals surface area contributed by atoms with Crippen LogP contribution in [0.5, 0.6) is 0 Å². The van der Waals surface area contributed by atoms with Crippen LogP contribution in [0.25, 0.3) is 11.1 Å². The molecular weight excluding hydrogens is 311 g/mol. The van der Waals surface area contributed by atoms with Crippen molar-refractivity contribution in [3.05, 3.63) is 125 Å². The Bertz CT molecular complexity index is 1040. The molecule has 0 bridgehead atoms. The first-order chi connectivity index (χ1) is 12.8. The van der Waals surface area contributed by atoms with Gasteiger partial charge in [-0.05, 0) is 33.4 Å². The lowest BCUT2D eigenvalue weighted by atomic mass is 9.67. The van der Waals surface area contributed by atoms with Gasteiger partial charge in [0.1, 0.15) is 7.85 Å². The van der Waals surface area contributed by atoms with E-state index >= 15 is 0 Å². The molecule has 26 heavy (non-hydrogen) atoms. The first kappa shape index (κ1) is 15.2. The highest BCUT2D eigenvalue weighted by atomic mass is 14.5. The van der Waals surface area contributed by atoms with E-state index in [4.69, 9.17) is 0 Å². The van der Waals surface area contributed by atoms with E-state index < -0.39 is 0 Å². The molecule has 1 aliphatic rings. The smallest absolute Gasteiger partial charge is 0.0883 e. The van der Waals surface area contributed by atoms with Gasteiger partial charge in [-0.1, -0.05) is 109 Å². The summed E-state index contributed by atoms with van der Waals surface area (Å²) in [6, 6.07) is 37.6. The molecular formula is C25H19B. The summed E-state index contributed by atoms with van der Waals surface area (Å²) in [4.78, 5) is 0. The zero-order valence-corrected chi connectivity index (χ0v) is 14.8. The van der Waals surface area contributed by atoms with Gasteiger partial charge in [-0.25, -0.2) is 0 Å². The van der Waals surface area contributed by atoms with Crippen LogP contribution in [0.2, 0.25) is 0 Å². The first-order valence-corrected chi connectivity index (χ1v) is 9.14. The predicted molar refractivity (Wildman–Crippen MR) is 112 cm³/mol. The Balaban J connectivity index is 1.98. The summed E-state index contributed by atoms with van der Waals surface area (Å²) in [5, 5.41) is 0. The molecule has 0 aromatic heterocycles. The van der Waals surface area contributed by atoms with Gasteiger partial charge < -0.3 is 0 Å². The summed E-state index contributed by atoms with van der Waals surface area (Å²) >= 11 is 0. The standard InChI is InChI=1S/C25H19B/c26-20-15-16-24-22(17-20)21-13-7-8-14-23(21)25(24,18-9-3-1-4-10-18)19-11-5-2-6-12-19/h1-17H,26H2. The van der Waals surface area contributed by atoms with Crippen LogP contribution < -0.4 is 5.46 Å². The Labute approximate surface area is 155 Å². The van der Waals surface area contributed by atoms with Gasteiger partial charge in [-0.15, -0.1) is 0 Å². The fourth-order valence-electron chi connectivity index (χ4n) is 4.56. The molecule has 122 valence electrons. The molecule has 0 unspecified atom stereocenters. The maximum atomic E-state index is 2.34. The molecule has 0 atom stereocenters. The van der Waals surface area contributed by atoms with Crippen molar-refractivity contribution in [1.29, 1.82) is 0 Å². The van der Waals surface area contributed by atoms with Gasteiger partial charge in [-0.3, -0.25) is 0 Å². The van der Waals surface area contributed by atoms with Crippen molar-refractivity contribution in [3.63, 3.8) is 0 Å². The average Bonchev–Trinajstić information content (AvgIpc) is 3.00. The normalized spacial score (nSPS) is 13.8. The summed E-state index contributed by atoms with van der Waals surface area (Å²) in [7, 11) is 2.17. The van der Waals surface area contributed by atoms with E-state index in [0.717, 1.165) is 0 Å². The van der Waals surface area contributed by atoms with Crippen LogP contribution in [-0.4, -0.2) is 7.85 Å². The van der Waals surface area contributed by atoms with E-state index in [9.17, 15) is 0 Å². The molecule has 1 aliphatic carbocycles. The number of rotatable bonds is 2. The highest BCUT2D eigenvalue weighted by Crippen LogP contribution is 2.55. The van der Waals surface area contributed by atoms with Crippen molar-refractivity contribution >= 4 is 13.3 Å². The molecule has 0 aliphatic heterocycles. The number of hydrogen-bond donors (Lipinski definition) is 0. The molecule has 0 saturated heterocycles. The highest BCUT2D eigenvalue weighted by Gasteiger charge is 2.45. The summed E-state index contributed by atoms with van der Waals surface area (Å²) in [5.74, 6) is 0. The lowest BCUT2D eigenvalue weighted by molar-refractivity contribution is 0.768. The molecule has 1 heteroatoms. The topological polar surface area (TPSA) is 0 Å². The first-order valence-electron chi connectivity index (χ1n) is 9.14. The molecule has 0 amide bonds. The Morgan fingerprint density at radius 3 is 1.69 bits per heavy atom. The average molecular weight is 330 g/mol. The Kier molecular flexibility index (Phi) is 3.36. The van der Waals surface area contributed by atoms with E-state index in [1.54, 1.807) is 0 Å². The van der Waals surface area contributed by atoms with Crippen molar-refractivity contribution in [1.82, 2.24) is 0 Å². The van der Waals surface area contributed by atoms with Crippen LogP contribution in [-0.2, 0) is 5.41 Å². The largest absolute Gasteiger partial charge is 0.139 e. The fourth-order valence-corrected chi connectivity index (χ4v) is 4.56. The number of hydrogen-bond acceptors (Lipinski definition) is 0. The quantitative estimate of drug-likeness (QED) is 0.423. The van der Waals surface area contributed by atoms with Gasteiger partial charge in [0.2, 0.25) is 0 Å². The van der Waals surface area contributed by atoms with E-state index in [1.165, 1.54) is 38.8 Å². The van der Waals surface area contributed by atoms with Crippen LogP contribution in [0.15, 0.2) is 103 Å². The van der Waals surface area contributed by atoms with E-state index in [-0.39, 0.29) is 5.41 Å². The second kappa shape index (κ2) is 5.74. The van der Waals surface area contributed by atoms with Gasteiger partial charge in [0, 0.05) is 0 Å². The summed E-state index contributed by atoms with van der Waals surface area (Å²) in [6.45, 7) is 0. The third-order valence-electron chi connectivity index (χ3n) is 5.61. The lowest BCUT2D eigenvalue weighted by Gasteiger charge is -2.33. The second-order valence-corrected chi connectivity index (χ2v) is 7.08. The molecule has 0 fully saturated rings. The van der Waals surface area contributed by atoms with Gasteiger partial charge >= 0.3 is 0 Å². The SMILES string of the molecule is Bc1ccc2c(c1)-c1ccccc1C2(c1ccccc1)c1ccccc1. The molecule has 0 nitrogen and oxygen atoms in total. The van der Waals surface area contributed by atoms with Gasteiger partial charge in [0.05, 0.1) is 5.41 Å². The minimum atomic E-state index is -0.262. The van der Waals surface area contributed by atoms with Crippen LogP contribution in [0.4, 0.5) is 0 Å². The minimum absolute atomic E-state index is 0.262. The summed E-state index contributed by atoms with van der Waals surface area (Å²) < 4.78 is 0. The van der Waals surface area contributed by atoms with E-state index in [2.05, 4.69) is 111 Å². The maximum Gasteiger partial charge on any atom is 0.139 e. The molecule has 5 rings (SSSR count). The molecule has 0 radical (unpaired) electrons. The van der Waals surface area contributed by atoms with Crippen molar-refractivity contribution in [2.45, 2.75) is 5.41 Å². The monoisotopic (exact) mass is 330 g/mol. The Morgan fingerprint density at radius 1 is 0.500 bits per heavy atom. The molecule has 0 heterocycles. The van der Waals surface area contributed by atoms with Gasteiger partial charge in [-0.2, -0.15) is 0 Å². The van der Waals surface area contributed by atoms with Gasteiger partial charge in [0.25, 0.3) is 0 Å². The van der Waals surface area contributed by atoms with Crippen molar-refractivity contribution in [3.8, 4) is 11.1 Å². The van der Waals surface area contributed by atoms with Crippen molar-refractivity contribution < 1.29 is 0 Å². The second-order valence-electron chi connectivity index (χ2n) is 7.08. The van der Waals surface area contributed by atoms with Crippen LogP contribution in [0, 0.1) is 0 Å². The lowest BCUT2D eigenvalue weighted by Crippen LogP contribution is -2.28. The van der Waals surface area contributed by atoms with Crippen molar-refractivity contribution in [2.75, 3.05) is 0 Å². The fraction of sp³-hybridized carbons (Fsp3) is 0.0400. The summed E-state index contributed by atoms with van der Waals surface area (Å²) in [5.41, 5.74) is 9.13. The van der Waals surface area contributed by atoms with Crippen LogP contribution in [0.1, 0.15) is 22.3 Å². The number of benzene rings is 4. The Hall–Kier alpha value is -3.06. The third kappa shape index (κ3) is 1.98. The molecule has 0 spiro atoms. The zero-order valence-electron chi connectivity index (χ0n) is 14.8. The molecule has 4 aromatic rings. The molecule has 0 N–H and O–H groups in total. The van der Waals surface area contributed by atoms with Crippen molar-refractivity contribution in [2.24, 2.45) is 0 Å². The third-order valence-corrected chi connectivity index (χ3v) is 5.61. The Morgan fingerprint density at radius 2 is 1.04 bits per heavy atom. The number of fused-ring (bicyclic) bond motifs is 3. The zero-order chi connectivity index (χ0) is 17.6. The summed E-state index contributed by atoms with van der Waals surface area (Å²) in [6.07, 6.45) is 0. The van der Waals surface area contributed by atoms with E-state index in [0.29, 0.717) is 0 Å².